The Bertz CT molecular complexity index is 1100. The predicted molar refractivity (Wildman–Crippen MR) is 123 cm³/mol. The van der Waals surface area contributed by atoms with Crippen molar-refractivity contribution in [2.24, 2.45) is 0 Å². The van der Waals surface area contributed by atoms with Gasteiger partial charge in [0.05, 0.1) is 18.8 Å². The number of ether oxygens (including phenoxy) is 1. The summed E-state index contributed by atoms with van der Waals surface area (Å²) < 4.78 is 7.70. The lowest BCUT2D eigenvalue weighted by atomic mass is 10.0. The number of aromatic carboxylic acids is 1. The minimum Gasteiger partial charge on any atom is -0.478 e. The van der Waals surface area contributed by atoms with Crippen LogP contribution in [0.25, 0.3) is 16.6 Å². The van der Waals surface area contributed by atoms with Crippen LogP contribution in [0.5, 0.6) is 0 Å². The van der Waals surface area contributed by atoms with Crippen molar-refractivity contribution in [3.05, 3.63) is 65.0 Å². The van der Waals surface area contributed by atoms with Crippen LogP contribution in [0.2, 0.25) is 0 Å². The van der Waals surface area contributed by atoms with Crippen LogP contribution in [0.3, 0.4) is 0 Å². The number of fused-ring (bicyclic) bond motifs is 1. The number of aromatic nitrogens is 1. The van der Waals surface area contributed by atoms with E-state index in [-0.39, 0.29) is 6.04 Å². The Hall–Kier alpha value is -2.67. The lowest BCUT2D eigenvalue weighted by Crippen LogP contribution is -2.39. The van der Waals surface area contributed by atoms with Crippen LogP contribution < -0.4 is 0 Å². The summed E-state index contributed by atoms with van der Waals surface area (Å²) in [6, 6.07) is 12.5. The van der Waals surface area contributed by atoms with E-state index in [4.69, 9.17) is 4.74 Å². The fourth-order valence-corrected chi connectivity index (χ4v) is 4.62. The minimum atomic E-state index is -0.883. The molecule has 1 N–H and O–H groups in total. The summed E-state index contributed by atoms with van der Waals surface area (Å²) in [6.45, 7) is 8.08. The molecule has 1 aliphatic rings. The summed E-state index contributed by atoms with van der Waals surface area (Å²) in [4.78, 5) is 16.5. The van der Waals surface area contributed by atoms with Gasteiger partial charge in [0, 0.05) is 48.6 Å². The van der Waals surface area contributed by atoms with E-state index in [0.29, 0.717) is 18.8 Å². The molecular formula is C25H31N3O3. The Labute approximate surface area is 183 Å². The van der Waals surface area contributed by atoms with Gasteiger partial charge in [-0.3, -0.25) is 4.90 Å². The third-order valence-corrected chi connectivity index (χ3v) is 6.17. The molecule has 0 radical (unpaired) electrons. The third kappa shape index (κ3) is 4.37. The van der Waals surface area contributed by atoms with E-state index in [1.54, 1.807) is 6.07 Å². The Balaban J connectivity index is 1.84. The molecule has 0 amide bonds. The van der Waals surface area contributed by atoms with Crippen molar-refractivity contribution in [3.63, 3.8) is 0 Å². The Morgan fingerprint density at radius 1 is 1.16 bits per heavy atom. The highest BCUT2D eigenvalue weighted by Crippen LogP contribution is 2.32. The van der Waals surface area contributed by atoms with E-state index < -0.39 is 5.97 Å². The first-order valence-electron chi connectivity index (χ1n) is 10.8. The number of carboxylic acids is 1. The lowest BCUT2D eigenvalue weighted by Gasteiger charge is -2.34. The van der Waals surface area contributed by atoms with Gasteiger partial charge in [-0.25, -0.2) is 4.79 Å². The first-order valence-corrected chi connectivity index (χ1v) is 10.8. The molecule has 0 aliphatic carbocycles. The van der Waals surface area contributed by atoms with Gasteiger partial charge in [-0.15, -0.1) is 0 Å². The Morgan fingerprint density at radius 2 is 1.90 bits per heavy atom. The van der Waals surface area contributed by atoms with Crippen molar-refractivity contribution in [2.45, 2.75) is 26.4 Å². The van der Waals surface area contributed by atoms with Crippen LogP contribution in [0.1, 0.15) is 40.1 Å². The molecule has 164 valence electrons. The summed E-state index contributed by atoms with van der Waals surface area (Å²) in [6.07, 6.45) is 2.15. The fraction of sp³-hybridized carbons (Fsp3) is 0.400. The molecule has 1 aliphatic heterocycles. The molecular weight excluding hydrogens is 390 g/mol. The molecule has 1 saturated heterocycles. The van der Waals surface area contributed by atoms with E-state index in [1.165, 1.54) is 5.56 Å². The summed E-state index contributed by atoms with van der Waals surface area (Å²) in [5.74, 6) is -0.883. The number of carbonyl (C=O) groups is 1. The van der Waals surface area contributed by atoms with E-state index in [0.717, 1.165) is 47.5 Å². The molecule has 3 aromatic rings. The average Bonchev–Trinajstić information content (AvgIpc) is 3.17. The number of pyridine rings is 1. The van der Waals surface area contributed by atoms with Crippen LogP contribution in [-0.4, -0.2) is 65.7 Å². The van der Waals surface area contributed by atoms with E-state index in [9.17, 15) is 9.90 Å². The van der Waals surface area contributed by atoms with E-state index in [1.807, 2.05) is 6.92 Å². The zero-order valence-electron chi connectivity index (χ0n) is 18.8. The smallest absolute Gasteiger partial charge is 0.336 e. The second-order valence-electron chi connectivity index (χ2n) is 8.66. The van der Waals surface area contributed by atoms with Gasteiger partial charge in [0.15, 0.2) is 0 Å². The molecule has 0 spiro atoms. The SMILES string of the molecule is Cc1c(C(=O)O)cc2cc(-c3cccc(CN(C)C)c3)cn2c1C(C)N1CCOCC1. The number of rotatable bonds is 6. The molecule has 2 aromatic heterocycles. The van der Waals surface area contributed by atoms with Crippen LogP contribution in [0.4, 0.5) is 0 Å². The van der Waals surface area contributed by atoms with E-state index >= 15 is 0 Å². The van der Waals surface area contributed by atoms with Gasteiger partial charge in [-0.1, -0.05) is 18.2 Å². The molecule has 1 unspecified atom stereocenters. The number of hydrogen-bond acceptors (Lipinski definition) is 4. The molecule has 0 saturated carbocycles. The van der Waals surface area contributed by atoms with Crippen molar-refractivity contribution in [2.75, 3.05) is 40.4 Å². The van der Waals surface area contributed by atoms with Crippen molar-refractivity contribution >= 4 is 11.5 Å². The van der Waals surface area contributed by atoms with Crippen LogP contribution in [-0.2, 0) is 11.3 Å². The highest BCUT2D eigenvalue weighted by Gasteiger charge is 2.25. The van der Waals surface area contributed by atoms with Crippen molar-refractivity contribution in [1.29, 1.82) is 0 Å². The molecule has 1 aromatic carbocycles. The van der Waals surface area contributed by atoms with Gasteiger partial charge >= 0.3 is 5.97 Å². The normalized spacial score (nSPS) is 16.2. The second-order valence-corrected chi connectivity index (χ2v) is 8.66. The lowest BCUT2D eigenvalue weighted by molar-refractivity contribution is 0.0187. The Kier molecular flexibility index (Phi) is 6.14. The number of benzene rings is 1. The number of morpholine rings is 1. The molecule has 4 rings (SSSR count). The van der Waals surface area contributed by atoms with Crippen molar-refractivity contribution < 1.29 is 14.6 Å². The van der Waals surface area contributed by atoms with Crippen LogP contribution >= 0.6 is 0 Å². The molecule has 6 nitrogen and oxygen atoms in total. The van der Waals surface area contributed by atoms with Crippen LogP contribution in [0.15, 0.2) is 42.6 Å². The average molecular weight is 422 g/mol. The standard InChI is InChI=1S/C25H31N3O3/c1-17-23(25(29)30)14-22-13-21(20-7-5-6-19(12-20)15-26(3)4)16-28(22)24(17)18(2)27-8-10-31-11-9-27/h5-7,12-14,16,18H,8-11,15H2,1-4H3,(H,29,30). The highest BCUT2D eigenvalue weighted by molar-refractivity contribution is 5.91. The summed E-state index contributed by atoms with van der Waals surface area (Å²) >= 11 is 0. The zero-order chi connectivity index (χ0) is 22.1. The topological polar surface area (TPSA) is 57.4 Å². The fourth-order valence-electron chi connectivity index (χ4n) is 4.62. The molecule has 3 heterocycles. The molecule has 0 bridgehead atoms. The third-order valence-electron chi connectivity index (χ3n) is 6.17. The quantitative estimate of drug-likeness (QED) is 0.650. The summed E-state index contributed by atoms with van der Waals surface area (Å²) in [7, 11) is 4.13. The monoisotopic (exact) mass is 421 g/mol. The van der Waals surface area contributed by atoms with Gasteiger partial charge in [0.25, 0.3) is 0 Å². The van der Waals surface area contributed by atoms with Crippen molar-refractivity contribution in [3.8, 4) is 11.1 Å². The highest BCUT2D eigenvalue weighted by atomic mass is 16.5. The molecule has 31 heavy (non-hydrogen) atoms. The van der Waals surface area contributed by atoms with Gasteiger partial charge in [0.1, 0.15) is 0 Å². The summed E-state index contributed by atoms with van der Waals surface area (Å²) in [5.41, 5.74) is 6.62. The zero-order valence-corrected chi connectivity index (χ0v) is 18.8. The number of carboxylic acid groups (broad SMARTS) is 1. The predicted octanol–water partition coefficient (Wildman–Crippen LogP) is 4.07. The maximum absolute atomic E-state index is 12.0. The molecule has 1 atom stereocenters. The maximum Gasteiger partial charge on any atom is 0.336 e. The second kappa shape index (κ2) is 8.83. The first kappa shape index (κ1) is 21.6. The van der Waals surface area contributed by atoms with E-state index in [2.05, 4.69) is 71.7 Å². The minimum absolute atomic E-state index is 0.0889. The summed E-state index contributed by atoms with van der Waals surface area (Å²) in [5, 5.41) is 9.84. The number of nitrogens with zero attached hydrogens (tertiary/aromatic N) is 3. The molecule has 6 heteroatoms. The van der Waals surface area contributed by atoms with Gasteiger partial charge in [-0.2, -0.15) is 0 Å². The van der Waals surface area contributed by atoms with Crippen LogP contribution in [0, 0.1) is 6.92 Å². The maximum atomic E-state index is 12.0. The largest absolute Gasteiger partial charge is 0.478 e. The van der Waals surface area contributed by atoms with Crippen molar-refractivity contribution in [1.82, 2.24) is 14.2 Å². The number of hydrogen-bond donors (Lipinski definition) is 1. The van der Waals surface area contributed by atoms with Gasteiger partial charge in [0.2, 0.25) is 0 Å². The van der Waals surface area contributed by atoms with Gasteiger partial charge in [-0.05, 0) is 62.8 Å². The van der Waals surface area contributed by atoms with Gasteiger partial charge < -0.3 is 19.1 Å². The first-order chi connectivity index (χ1) is 14.8. The Morgan fingerprint density at radius 3 is 2.58 bits per heavy atom. The molecule has 1 fully saturated rings.